The van der Waals surface area contributed by atoms with Crippen LogP contribution < -0.4 is 0 Å². The Morgan fingerprint density at radius 1 is 1.25 bits per heavy atom. The Kier molecular flexibility index (Phi) is 55.2. The van der Waals surface area contributed by atoms with Gasteiger partial charge >= 0.3 is 52.4 Å². The van der Waals surface area contributed by atoms with Crippen molar-refractivity contribution < 1.29 is 43.1 Å². The van der Waals surface area contributed by atoms with E-state index in [1.165, 1.54) is 19.4 Å². The van der Waals surface area contributed by atoms with Gasteiger partial charge in [-0.2, -0.15) is 0 Å². The van der Waals surface area contributed by atoms with Gasteiger partial charge in [0.25, 0.3) is 0 Å². The summed E-state index contributed by atoms with van der Waals surface area (Å²) >= 11 is 2.22. The third-order valence-corrected chi connectivity index (χ3v) is 0. The van der Waals surface area contributed by atoms with Gasteiger partial charge in [-0.25, -0.2) is 0 Å². The molecule has 0 heterocycles. The molecule has 4 heteroatoms. The molecule has 0 aromatic carbocycles. The van der Waals surface area contributed by atoms with Gasteiger partial charge in [0.05, 0.1) is 0 Å². The van der Waals surface area contributed by atoms with E-state index in [0.717, 1.165) is 20.4 Å². The Labute approximate surface area is 52.1 Å². The maximum atomic E-state index is 8.25. The van der Waals surface area contributed by atoms with Crippen LogP contribution in [0.1, 0.15) is 0 Å². The van der Waals surface area contributed by atoms with E-state index in [2.05, 4.69) is 9.30 Å². The van der Waals surface area contributed by atoms with Crippen LogP contribution in [0.15, 0.2) is 0 Å². The van der Waals surface area contributed by atoms with Crippen LogP contribution in [0, 0.1) is 0 Å². The first-order valence-corrected chi connectivity index (χ1v) is 3.18. The molecule has 1 nitrogen and oxygen atoms in total. The predicted molar refractivity (Wildman–Crippen MR) is 6.54 cm³/mol. The molecule has 0 rings (SSSR count). The summed E-state index contributed by atoms with van der Waals surface area (Å²) in [6.07, 6.45) is 0. The van der Waals surface area contributed by atoms with Gasteiger partial charge in [-0.05, 0) is 0 Å². The second kappa shape index (κ2) is 24.3. The zero-order valence-corrected chi connectivity index (χ0v) is 5.67. The zero-order chi connectivity index (χ0) is 4.00. The number of hydrogen-bond acceptors (Lipinski definition) is 1. The van der Waals surface area contributed by atoms with Gasteiger partial charge in [0.15, 0.2) is 0 Å². The third-order valence-electron chi connectivity index (χ3n) is 0. The zero-order valence-electron chi connectivity index (χ0n) is 1.79. The molecular weight excluding hydrogens is 147 g/mol. The molecule has 0 radical (unpaired) electrons. The molecule has 0 bridgehead atoms. The molecule has 0 spiro atoms. The van der Waals surface area contributed by atoms with Crippen LogP contribution >= 0.6 is 9.30 Å². The standard InChI is InChI=1S/ClH.O.2Ti/h1H;;;/q;;;+1/p-1. The molecule has 0 fully saturated rings. The van der Waals surface area contributed by atoms with Gasteiger partial charge < -0.3 is 0 Å². The predicted octanol–water partition coefficient (Wildman–Crippen LogP) is 0.566. The molecule has 21 valence electrons. The van der Waals surface area contributed by atoms with Gasteiger partial charge in [0.2, 0.25) is 0 Å². The Morgan fingerprint density at radius 3 is 1.25 bits per heavy atom. The van der Waals surface area contributed by atoms with E-state index in [0.29, 0.717) is 0 Å². The van der Waals surface area contributed by atoms with Gasteiger partial charge in [-0.15, -0.1) is 0 Å². The molecule has 0 atom stereocenters. The summed E-state index contributed by atoms with van der Waals surface area (Å²) in [5, 5.41) is 0. The quantitative estimate of drug-likeness (QED) is 0.458. The van der Waals surface area contributed by atoms with Crippen LogP contribution in [0.2, 0.25) is 0 Å². The molecule has 0 saturated carbocycles. The Morgan fingerprint density at radius 2 is 1.25 bits per heavy atom. The molecular formula is ClOTi2. The fourth-order valence-electron chi connectivity index (χ4n) is 0. The first kappa shape index (κ1) is 9.10. The van der Waals surface area contributed by atoms with Gasteiger partial charge in [0.1, 0.15) is 0 Å². The maximum absolute atomic E-state index is 8.25. The van der Waals surface area contributed by atoms with E-state index in [4.69, 9.17) is 3.32 Å². The number of rotatable bonds is 0. The van der Waals surface area contributed by atoms with E-state index in [1.807, 2.05) is 0 Å². The molecule has 4 heavy (non-hydrogen) atoms. The first-order valence-electron chi connectivity index (χ1n) is 0.393. The Bertz CT molecular complexity index is 6.00. The van der Waals surface area contributed by atoms with Crippen molar-refractivity contribution in [3.05, 3.63) is 0 Å². The van der Waals surface area contributed by atoms with Crippen molar-refractivity contribution in [3.63, 3.8) is 0 Å². The van der Waals surface area contributed by atoms with Crippen LogP contribution in [-0.4, -0.2) is 0 Å². The van der Waals surface area contributed by atoms with Crippen LogP contribution in [-0.2, 0) is 43.1 Å². The van der Waals surface area contributed by atoms with Crippen LogP contribution in [0.5, 0.6) is 0 Å². The van der Waals surface area contributed by atoms with Crippen molar-refractivity contribution in [3.8, 4) is 0 Å². The van der Waals surface area contributed by atoms with Crippen LogP contribution in [0.25, 0.3) is 0 Å². The molecule has 0 aliphatic heterocycles. The molecule has 0 N–H and O–H groups in total. The summed E-state index contributed by atoms with van der Waals surface area (Å²) in [5.74, 6) is 0. The van der Waals surface area contributed by atoms with E-state index in [1.54, 1.807) is 0 Å². The summed E-state index contributed by atoms with van der Waals surface area (Å²) in [6.45, 7) is 0. The summed E-state index contributed by atoms with van der Waals surface area (Å²) < 4.78 is 8.25. The normalized spacial score (nSPS) is 1.75. The first-order chi connectivity index (χ1) is 2.00. The molecule has 0 aromatic heterocycles. The topological polar surface area (TPSA) is 17.1 Å². The number of halogens is 1. The van der Waals surface area contributed by atoms with Crippen LogP contribution in [0.3, 0.4) is 0 Å². The van der Waals surface area contributed by atoms with E-state index >= 15 is 0 Å². The minimum absolute atomic E-state index is 0.750. The fraction of sp³-hybridized carbons (Fsp3) is 0. The third kappa shape index (κ3) is 9.68. The minimum atomic E-state index is 0.750. The molecule has 0 amide bonds. The van der Waals surface area contributed by atoms with E-state index in [9.17, 15) is 0 Å². The SMILES string of the molecule is [Cl][Ti].[O]=[Ti]. The van der Waals surface area contributed by atoms with Crippen molar-refractivity contribution in [2.75, 3.05) is 0 Å². The summed E-state index contributed by atoms with van der Waals surface area (Å²) in [6, 6.07) is 0. The number of hydrogen-bond donors (Lipinski definition) is 0. The van der Waals surface area contributed by atoms with E-state index < -0.39 is 0 Å². The molecule has 0 aliphatic rings. The summed E-state index contributed by atoms with van der Waals surface area (Å²) in [4.78, 5) is 0. The Balaban J connectivity index is 0. The van der Waals surface area contributed by atoms with Crippen molar-refractivity contribution in [1.82, 2.24) is 0 Å². The Hall–Kier alpha value is 1.52. The van der Waals surface area contributed by atoms with Crippen molar-refractivity contribution >= 4 is 9.30 Å². The molecule has 0 saturated heterocycles. The van der Waals surface area contributed by atoms with Crippen molar-refractivity contribution in [2.45, 2.75) is 0 Å². The summed E-state index contributed by atoms with van der Waals surface area (Å²) in [7, 11) is 4.64. The average Bonchev–Trinajstić information content (AvgIpc) is 1.50. The molecule has 0 unspecified atom stereocenters. The van der Waals surface area contributed by atoms with Crippen LogP contribution in [0.4, 0.5) is 0 Å². The molecule has 0 aromatic rings. The van der Waals surface area contributed by atoms with Gasteiger partial charge in [-0.3, -0.25) is 0 Å². The molecule has 0 aliphatic carbocycles. The fourth-order valence-corrected chi connectivity index (χ4v) is 0. The summed E-state index contributed by atoms with van der Waals surface area (Å²) in [5.41, 5.74) is 0. The second-order valence-electron chi connectivity index (χ2n) is 0. The van der Waals surface area contributed by atoms with Crippen molar-refractivity contribution in [1.29, 1.82) is 0 Å². The average molecular weight is 147 g/mol. The monoisotopic (exact) mass is 147 g/mol. The van der Waals surface area contributed by atoms with Gasteiger partial charge in [0, 0.05) is 0 Å². The van der Waals surface area contributed by atoms with E-state index in [-0.39, 0.29) is 0 Å². The van der Waals surface area contributed by atoms with Gasteiger partial charge in [-0.1, -0.05) is 0 Å². The second-order valence-corrected chi connectivity index (χ2v) is 0. The van der Waals surface area contributed by atoms with Crippen molar-refractivity contribution in [2.24, 2.45) is 0 Å².